The van der Waals surface area contributed by atoms with E-state index in [2.05, 4.69) is 0 Å². The Kier molecular flexibility index (Phi) is 3.66. The summed E-state index contributed by atoms with van der Waals surface area (Å²) in [6.45, 7) is 3.71. The van der Waals surface area contributed by atoms with Crippen molar-refractivity contribution in [1.82, 2.24) is 0 Å². The number of hydrogen-bond donors (Lipinski definition) is 1. The van der Waals surface area contributed by atoms with Crippen LogP contribution in [0.1, 0.15) is 25.3 Å². The van der Waals surface area contributed by atoms with Crippen LogP contribution in [0.2, 0.25) is 0 Å². The zero-order chi connectivity index (χ0) is 11.4. The predicted octanol–water partition coefficient (Wildman–Crippen LogP) is 2.41. The monoisotopic (exact) mass is 212 g/mol. The highest BCUT2D eigenvalue weighted by atomic mass is 19.1. The van der Waals surface area contributed by atoms with E-state index >= 15 is 0 Å². The van der Waals surface area contributed by atoms with Crippen LogP contribution < -0.4 is 4.74 Å². The van der Waals surface area contributed by atoms with Crippen LogP contribution in [0.4, 0.5) is 4.39 Å². The number of hydrogen-bond acceptors (Lipinski definition) is 2. The molecular formula is C11H13FO3. The summed E-state index contributed by atoms with van der Waals surface area (Å²) in [6.07, 6.45) is 0. The van der Waals surface area contributed by atoms with Gasteiger partial charge < -0.3 is 9.84 Å². The van der Waals surface area contributed by atoms with Crippen LogP contribution in [-0.2, 0) is 4.79 Å². The molecule has 0 spiro atoms. The Bertz CT molecular complexity index is 363. The minimum Gasteiger partial charge on any atom is -0.494 e. The lowest BCUT2D eigenvalue weighted by molar-refractivity contribution is -0.138. The molecule has 3 nitrogen and oxygen atoms in total. The molecule has 15 heavy (non-hydrogen) atoms. The smallest absolute Gasteiger partial charge is 0.310 e. The van der Waals surface area contributed by atoms with Crippen molar-refractivity contribution in [3.8, 4) is 5.75 Å². The predicted molar refractivity (Wildman–Crippen MR) is 53.6 cm³/mol. The van der Waals surface area contributed by atoms with Gasteiger partial charge in [-0.15, -0.1) is 0 Å². The highest BCUT2D eigenvalue weighted by Crippen LogP contribution is 2.27. The summed E-state index contributed by atoms with van der Waals surface area (Å²) in [7, 11) is 0. The fourth-order valence-corrected chi connectivity index (χ4v) is 1.28. The third kappa shape index (κ3) is 2.68. The Hall–Kier alpha value is -1.58. The Morgan fingerprint density at radius 2 is 2.27 bits per heavy atom. The quantitative estimate of drug-likeness (QED) is 0.833. The molecule has 0 heterocycles. The van der Waals surface area contributed by atoms with E-state index in [1.165, 1.54) is 25.1 Å². The largest absolute Gasteiger partial charge is 0.494 e. The first-order chi connectivity index (χ1) is 7.06. The number of carbonyl (C=O) groups is 1. The molecule has 0 aliphatic rings. The maximum absolute atomic E-state index is 13.0. The second-order valence-electron chi connectivity index (χ2n) is 3.18. The van der Waals surface area contributed by atoms with E-state index in [0.29, 0.717) is 17.9 Å². The van der Waals surface area contributed by atoms with Crippen LogP contribution >= 0.6 is 0 Å². The Balaban J connectivity index is 3.11. The lowest BCUT2D eigenvalue weighted by Crippen LogP contribution is -2.10. The summed E-state index contributed by atoms with van der Waals surface area (Å²) >= 11 is 0. The Morgan fingerprint density at radius 3 is 2.80 bits per heavy atom. The lowest BCUT2D eigenvalue weighted by atomic mass is 10.0. The van der Waals surface area contributed by atoms with Crippen molar-refractivity contribution < 1.29 is 19.0 Å². The summed E-state index contributed by atoms with van der Waals surface area (Å²) < 4.78 is 18.2. The third-order valence-corrected chi connectivity index (χ3v) is 2.11. The molecule has 82 valence electrons. The van der Waals surface area contributed by atoms with Gasteiger partial charge in [0, 0.05) is 5.56 Å². The number of benzene rings is 1. The highest BCUT2D eigenvalue weighted by molar-refractivity contribution is 5.76. The maximum atomic E-state index is 13.0. The van der Waals surface area contributed by atoms with E-state index in [1.54, 1.807) is 6.92 Å². The minimum absolute atomic E-state index is 0.365. The molecular weight excluding hydrogens is 199 g/mol. The summed E-state index contributed by atoms with van der Waals surface area (Å²) in [4.78, 5) is 10.8. The van der Waals surface area contributed by atoms with Crippen LogP contribution in [0.15, 0.2) is 18.2 Å². The number of ether oxygens (including phenoxy) is 1. The standard InChI is InChI=1S/C11H13FO3/c1-3-15-10-5-4-8(12)6-9(10)7(2)11(13)14/h4-7H,3H2,1-2H3,(H,13,14). The van der Waals surface area contributed by atoms with E-state index in [1.807, 2.05) is 0 Å². The van der Waals surface area contributed by atoms with Crippen molar-refractivity contribution in [3.05, 3.63) is 29.6 Å². The molecule has 0 bridgehead atoms. The van der Waals surface area contributed by atoms with Gasteiger partial charge in [-0.1, -0.05) is 0 Å². The average molecular weight is 212 g/mol. The van der Waals surface area contributed by atoms with Crippen molar-refractivity contribution in [1.29, 1.82) is 0 Å². The molecule has 0 saturated carbocycles. The van der Waals surface area contributed by atoms with Crippen LogP contribution in [0.25, 0.3) is 0 Å². The highest BCUT2D eigenvalue weighted by Gasteiger charge is 2.18. The van der Waals surface area contributed by atoms with Gasteiger partial charge in [-0.05, 0) is 32.0 Å². The summed E-state index contributed by atoms with van der Waals surface area (Å²) in [6, 6.07) is 3.90. The fraction of sp³-hybridized carbons (Fsp3) is 0.364. The lowest BCUT2D eigenvalue weighted by Gasteiger charge is -2.13. The van der Waals surface area contributed by atoms with Gasteiger partial charge in [0.2, 0.25) is 0 Å². The van der Waals surface area contributed by atoms with Crippen LogP contribution in [0.5, 0.6) is 5.75 Å². The molecule has 1 rings (SSSR count). The van der Waals surface area contributed by atoms with Crippen LogP contribution in [0.3, 0.4) is 0 Å². The number of carboxylic acids is 1. The normalized spacial score (nSPS) is 12.2. The Morgan fingerprint density at radius 1 is 1.60 bits per heavy atom. The van der Waals surface area contributed by atoms with Gasteiger partial charge >= 0.3 is 5.97 Å². The van der Waals surface area contributed by atoms with E-state index in [0.717, 1.165) is 0 Å². The second-order valence-corrected chi connectivity index (χ2v) is 3.18. The van der Waals surface area contributed by atoms with Crippen molar-refractivity contribution >= 4 is 5.97 Å². The molecule has 1 N–H and O–H groups in total. The molecule has 1 unspecified atom stereocenters. The van der Waals surface area contributed by atoms with Crippen molar-refractivity contribution in [2.24, 2.45) is 0 Å². The van der Waals surface area contributed by atoms with E-state index in [-0.39, 0.29) is 0 Å². The van der Waals surface area contributed by atoms with E-state index < -0.39 is 17.7 Å². The molecule has 1 aromatic carbocycles. The van der Waals surface area contributed by atoms with Crippen LogP contribution in [-0.4, -0.2) is 17.7 Å². The zero-order valence-corrected chi connectivity index (χ0v) is 8.66. The zero-order valence-electron chi connectivity index (χ0n) is 8.66. The molecule has 0 fully saturated rings. The number of halogens is 1. The van der Waals surface area contributed by atoms with Gasteiger partial charge in [0.1, 0.15) is 11.6 Å². The number of carboxylic acid groups (broad SMARTS) is 1. The average Bonchev–Trinajstić information content (AvgIpc) is 2.20. The van der Waals surface area contributed by atoms with Crippen molar-refractivity contribution in [3.63, 3.8) is 0 Å². The summed E-state index contributed by atoms with van der Waals surface area (Å²) in [5.41, 5.74) is 0.365. The molecule has 4 heteroatoms. The first-order valence-electron chi connectivity index (χ1n) is 4.71. The van der Waals surface area contributed by atoms with Gasteiger partial charge in [-0.2, -0.15) is 0 Å². The summed E-state index contributed by atoms with van der Waals surface area (Å²) in [5, 5.41) is 8.84. The fourth-order valence-electron chi connectivity index (χ4n) is 1.28. The number of rotatable bonds is 4. The topological polar surface area (TPSA) is 46.5 Å². The van der Waals surface area contributed by atoms with Crippen molar-refractivity contribution in [2.45, 2.75) is 19.8 Å². The Labute approximate surface area is 87.5 Å². The molecule has 1 aromatic rings. The second kappa shape index (κ2) is 4.77. The molecule has 0 amide bonds. The first-order valence-corrected chi connectivity index (χ1v) is 4.71. The van der Waals surface area contributed by atoms with Crippen LogP contribution in [0, 0.1) is 5.82 Å². The van der Waals surface area contributed by atoms with Gasteiger partial charge in [-0.3, -0.25) is 4.79 Å². The molecule has 0 aliphatic carbocycles. The van der Waals surface area contributed by atoms with Crippen molar-refractivity contribution in [2.75, 3.05) is 6.61 Å². The third-order valence-electron chi connectivity index (χ3n) is 2.11. The summed E-state index contributed by atoms with van der Waals surface area (Å²) in [5.74, 6) is -1.81. The van der Waals surface area contributed by atoms with Gasteiger partial charge in [-0.25, -0.2) is 4.39 Å². The van der Waals surface area contributed by atoms with Gasteiger partial charge in [0.05, 0.1) is 12.5 Å². The molecule has 0 saturated heterocycles. The van der Waals surface area contributed by atoms with E-state index in [9.17, 15) is 9.18 Å². The SMILES string of the molecule is CCOc1ccc(F)cc1C(C)C(=O)O. The number of aliphatic carboxylic acids is 1. The van der Waals surface area contributed by atoms with Gasteiger partial charge in [0.25, 0.3) is 0 Å². The first kappa shape index (κ1) is 11.5. The minimum atomic E-state index is -0.999. The maximum Gasteiger partial charge on any atom is 0.310 e. The molecule has 0 aliphatic heterocycles. The molecule has 0 radical (unpaired) electrons. The van der Waals surface area contributed by atoms with Gasteiger partial charge in [0.15, 0.2) is 0 Å². The molecule has 0 aromatic heterocycles. The molecule has 1 atom stereocenters. The van der Waals surface area contributed by atoms with E-state index in [4.69, 9.17) is 9.84 Å².